The number of esters is 1. The predicted molar refractivity (Wildman–Crippen MR) is 81.6 cm³/mol. The number of aromatic nitrogens is 1. The molecule has 1 saturated carbocycles. The minimum absolute atomic E-state index is 0.0876. The van der Waals surface area contributed by atoms with E-state index in [4.69, 9.17) is 9.26 Å². The van der Waals surface area contributed by atoms with Crippen molar-refractivity contribution >= 4 is 17.8 Å². The monoisotopic (exact) mass is 308 g/mol. The van der Waals surface area contributed by atoms with Gasteiger partial charge in [0.25, 0.3) is 0 Å². The van der Waals surface area contributed by atoms with Crippen molar-refractivity contribution in [3.8, 4) is 0 Å². The van der Waals surface area contributed by atoms with Gasteiger partial charge in [0.15, 0.2) is 0 Å². The van der Waals surface area contributed by atoms with Gasteiger partial charge in [-0.1, -0.05) is 37.3 Å². The number of carbonyl (C=O) groups excluding carboxylic acids is 2. The summed E-state index contributed by atoms with van der Waals surface area (Å²) in [7, 11) is 0. The van der Waals surface area contributed by atoms with Crippen LogP contribution < -0.4 is 5.32 Å². The van der Waals surface area contributed by atoms with Crippen LogP contribution in [0.3, 0.4) is 0 Å². The Kier molecular flexibility index (Phi) is 5.98. The van der Waals surface area contributed by atoms with E-state index in [1.807, 2.05) is 0 Å². The van der Waals surface area contributed by atoms with Gasteiger partial charge in [-0.2, -0.15) is 0 Å². The molecule has 1 fully saturated rings. The number of hydrogen-bond donors (Lipinski definition) is 1. The molecule has 0 spiro atoms. The van der Waals surface area contributed by atoms with Gasteiger partial charge in [-0.25, -0.2) is 4.79 Å². The van der Waals surface area contributed by atoms with E-state index in [2.05, 4.69) is 10.5 Å². The van der Waals surface area contributed by atoms with E-state index < -0.39 is 5.97 Å². The third kappa shape index (κ3) is 4.32. The van der Waals surface area contributed by atoms with Crippen molar-refractivity contribution in [2.75, 3.05) is 11.9 Å². The summed E-state index contributed by atoms with van der Waals surface area (Å²) in [6.45, 7) is 3.63. The first-order valence-corrected chi connectivity index (χ1v) is 8.05. The smallest absolute Gasteiger partial charge is 0.345 e. The van der Waals surface area contributed by atoms with Gasteiger partial charge in [0.2, 0.25) is 11.8 Å². The Labute approximate surface area is 130 Å². The van der Waals surface area contributed by atoms with Gasteiger partial charge in [-0.15, -0.1) is 0 Å². The van der Waals surface area contributed by atoms with E-state index >= 15 is 0 Å². The molecule has 122 valence electrons. The highest BCUT2D eigenvalue weighted by molar-refractivity contribution is 6.00. The van der Waals surface area contributed by atoms with Crippen molar-refractivity contribution in [3.63, 3.8) is 0 Å². The first-order chi connectivity index (χ1) is 10.6. The lowest BCUT2D eigenvalue weighted by Gasteiger charge is -2.20. The molecule has 22 heavy (non-hydrogen) atoms. The summed E-state index contributed by atoms with van der Waals surface area (Å²) in [5.41, 5.74) is 0.619. The van der Waals surface area contributed by atoms with Crippen LogP contribution in [-0.2, 0) is 9.53 Å². The van der Waals surface area contributed by atoms with Crippen molar-refractivity contribution in [3.05, 3.63) is 11.3 Å². The fourth-order valence-corrected chi connectivity index (χ4v) is 2.90. The molecule has 0 saturated heterocycles. The molecule has 0 atom stereocenters. The third-order valence-electron chi connectivity index (χ3n) is 4.10. The highest BCUT2D eigenvalue weighted by Gasteiger charge is 2.23. The molecule has 6 heteroatoms. The number of ether oxygens (including phenoxy) is 1. The van der Waals surface area contributed by atoms with Crippen LogP contribution >= 0.6 is 0 Å². The van der Waals surface area contributed by atoms with E-state index in [0.29, 0.717) is 18.0 Å². The van der Waals surface area contributed by atoms with E-state index in [0.717, 1.165) is 6.42 Å². The predicted octanol–water partition coefficient (Wildman–Crippen LogP) is 3.46. The van der Waals surface area contributed by atoms with E-state index in [9.17, 15) is 9.59 Å². The third-order valence-corrected chi connectivity index (χ3v) is 4.10. The normalized spacial score (nSPS) is 15.5. The van der Waals surface area contributed by atoms with Crippen LogP contribution in [0, 0.1) is 12.8 Å². The van der Waals surface area contributed by atoms with Gasteiger partial charge in [-0.05, 0) is 26.2 Å². The summed E-state index contributed by atoms with van der Waals surface area (Å²) >= 11 is 0. The Morgan fingerprint density at radius 2 is 2.05 bits per heavy atom. The second-order valence-corrected chi connectivity index (χ2v) is 5.78. The summed E-state index contributed by atoms with van der Waals surface area (Å²) in [6, 6.07) is 0. The molecule has 0 aliphatic heterocycles. The number of aryl methyl sites for hydroxylation is 1. The summed E-state index contributed by atoms with van der Waals surface area (Å²) in [5.74, 6) is 0.0567. The number of rotatable bonds is 6. The molecule has 1 aliphatic rings. The molecular formula is C16H24N2O4. The lowest BCUT2D eigenvalue weighted by atomic mass is 9.86. The maximum atomic E-state index is 12.0. The molecule has 0 aromatic carbocycles. The van der Waals surface area contributed by atoms with Gasteiger partial charge in [0.05, 0.1) is 12.3 Å². The number of amides is 1. The number of nitrogens with zero attached hydrogens (tertiary/aromatic N) is 1. The van der Waals surface area contributed by atoms with Crippen LogP contribution in [0.2, 0.25) is 0 Å². The number of hydrogen-bond acceptors (Lipinski definition) is 5. The zero-order valence-corrected chi connectivity index (χ0v) is 13.3. The van der Waals surface area contributed by atoms with Crippen LogP contribution in [-0.4, -0.2) is 23.6 Å². The molecule has 1 heterocycles. The van der Waals surface area contributed by atoms with Crippen molar-refractivity contribution in [2.45, 2.75) is 58.8 Å². The fourth-order valence-electron chi connectivity index (χ4n) is 2.90. The van der Waals surface area contributed by atoms with Crippen LogP contribution in [0.1, 0.15) is 67.9 Å². The average molecular weight is 308 g/mol. The Bertz CT molecular complexity index is 518. The Morgan fingerprint density at radius 3 is 2.73 bits per heavy atom. The van der Waals surface area contributed by atoms with Crippen molar-refractivity contribution in [1.82, 2.24) is 5.16 Å². The molecule has 1 N–H and O–H groups in total. The number of anilines is 1. The van der Waals surface area contributed by atoms with Gasteiger partial charge in [0, 0.05) is 6.42 Å². The SMILES string of the molecule is CCOC(=O)c1c(C)noc1NC(=O)CCC1CCCCC1. The Balaban J connectivity index is 1.89. The van der Waals surface area contributed by atoms with E-state index in [-0.39, 0.29) is 24.0 Å². The van der Waals surface area contributed by atoms with Gasteiger partial charge in [-0.3, -0.25) is 10.1 Å². The molecular weight excluding hydrogens is 284 g/mol. The summed E-state index contributed by atoms with van der Waals surface area (Å²) in [4.78, 5) is 23.9. The van der Waals surface area contributed by atoms with Crippen LogP contribution in [0.5, 0.6) is 0 Å². The van der Waals surface area contributed by atoms with Crippen molar-refractivity contribution in [1.29, 1.82) is 0 Å². The largest absolute Gasteiger partial charge is 0.462 e. The van der Waals surface area contributed by atoms with Crippen molar-refractivity contribution < 1.29 is 18.8 Å². The molecule has 6 nitrogen and oxygen atoms in total. The first-order valence-electron chi connectivity index (χ1n) is 8.05. The highest BCUT2D eigenvalue weighted by Crippen LogP contribution is 2.27. The van der Waals surface area contributed by atoms with Crippen LogP contribution in [0.15, 0.2) is 4.52 Å². The van der Waals surface area contributed by atoms with Crippen LogP contribution in [0.4, 0.5) is 5.88 Å². The zero-order chi connectivity index (χ0) is 15.9. The molecule has 0 unspecified atom stereocenters. The second-order valence-electron chi connectivity index (χ2n) is 5.78. The molecule has 2 rings (SSSR count). The first kappa shape index (κ1) is 16.5. The number of carbonyl (C=O) groups is 2. The van der Waals surface area contributed by atoms with E-state index in [1.54, 1.807) is 13.8 Å². The average Bonchev–Trinajstić information content (AvgIpc) is 2.87. The lowest BCUT2D eigenvalue weighted by molar-refractivity contribution is -0.116. The van der Waals surface area contributed by atoms with E-state index in [1.165, 1.54) is 32.1 Å². The second kappa shape index (κ2) is 7.96. The molecule has 1 aromatic rings. The Morgan fingerprint density at radius 1 is 1.32 bits per heavy atom. The van der Waals surface area contributed by atoms with Crippen molar-refractivity contribution in [2.24, 2.45) is 5.92 Å². The maximum Gasteiger partial charge on any atom is 0.345 e. The zero-order valence-electron chi connectivity index (χ0n) is 13.3. The van der Waals surface area contributed by atoms with Gasteiger partial charge >= 0.3 is 5.97 Å². The highest BCUT2D eigenvalue weighted by atomic mass is 16.5. The number of nitrogens with one attached hydrogen (secondary N) is 1. The summed E-state index contributed by atoms with van der Waals surface area (Å²) in [6.07, 6.45) is 7.58. The Hall–Kier alpha value is -1.85. The fraction of sp³-hybridized carbons (Fsp3) is 0.688. The van der Waals surface area contributed by atoms with Crippen LogP contribution in [0.25, 0.3) is 0 Å². The summed E-state index contributed by atoms with van der Waals surface area (Å²) in [5, 5.41) is 6.37. The van der Waals surface area contributed by atoms with Gasteiger partial charge < -0.3 is 9.26 Å². The lowest BCUT2D eigenvalue weighted by Crippen LogP contribution is -2.16. The molecule has 0 bridgehead atoms. The minimum Gasteiger partial charge on any atom is -0.462 e. The molecule has 1 aliphatic carbocycles. The van der Waals surface area contributed by atoms with Gasteiger partial charge in [0.1, 0.15) is 5.56 Å². The standard InChI is InChI=1S/C16H24N2O4/c1-3-21-16(20)14-11(2)18-22-15(14)17-13(19)10-9-12-7-5-4-6-8-12/h12H,3-10H2,1-2H3,(H,17,19). The molecule has 1 aromatic heterocycles. The topological polar surface area (TPSA) is 81.4 Å². The maximum absolute atomic E-state index is 12.0. The molecule has 0 radical (unpaired) electrons. The quantitative estimate of drug-likeness (QED) is 0.814. The summed E-state index contributed by atoms with van der Waals surface area (Å²) < 4.78 is 10.00. The molecule has 1 amide bonds. The minimum atomic E-state index is -0.524.